The third-order valence-corrected chi connectivity index (χ3v) is 6.17. The van der Waals surface area contributed by atoms with Gasteiger partial charge >= 0.3 is 0 Å². The van der Waals surface area contributed by atoms with E-state index in [1.807, 2.05) is 12.1 Å². The van der Waals surface area contributed by atoms with Crippen molar-refractivity contribution in [1.82, 2.24) is 20.7 Å². The fraction of sp³-hybridized carbons (Fsp3) is 0.571. The summed E-state index contributed by atoms with van der Waals surface area (Å²) in [5.74, 6) is -0.694. The van der Waals surface area contributed by atoms with E-state index in [1.165, 1.54) is 63.8 Å². The van der Waals surface area contributed by atoms with Crippen LogP contribution in [-0.4, -0.2) is 54.5 Å². The van der Waals surface area contributed by atoms with Crippen molar-refractivity contribution in [1.29, 1.82) is 0 Å². The van der Waals surface area contributed by atoms with Gasteiger partial charge in [0.05, 0.1) is 0 Å². The van der Waals surface area contributed by atoms with Gasteiger partial charge in [0.25, 0.3) is 0 Å². The number of hydrazine groups is 1. The largest absolute Gasteiger partial charge is 0.369 e. The molecular formula is C21H33N7. The zero-order valence-electron chi connectivity index (χ0n) is 16.6. The lowest BCUT2D eigenvalue weighted by molar-refractivity contribution is 0.0975. The second-order valence-electron chi connectivity index (χ2n) is 8.17. The number of guanidine groups is 1. The highest BCUT2D eigenvalue weighted by Gasteiger charge is 2.31. The van der Waals surface area contributed by atoms with Crippen molar-refractivity contribution >= 4 is 12.0 Å². The van der Waals surface area contributed by atoms with E-state index in [-0.39, 0.29) is 0 Å². The average Bonchev–Trinajstić information content (AvgIpc) is 3.09. The Morgan fingerprint density at radius 2 is 1.79 bits per heavy atom. The highest BCUT2D eigenvalue weighted by atomic mass is 15.6. The molecule has 3 aliphatic heterocycles. The Morgan fingerprint density at radius 1 is 1.07 bits per heavy atom. The van der Waals surface area contributed by atoms with Gasteiger partial charge in [0.1, 0.15) is 0 Å². The third kappa shape index (κ3) is 4.55. The molecule has 0 spiro atoms. The molecule has 0 aromatic heterocycles. The molecule has 2 saturated heterocycles. The minimum atomic E-state index is -0.995. The summed E-state index contributed by atoms with van der Waals surface area (Å²) in [6.07, 6.45) is 11.3. The lowest BCUT2D eigenvalue weighted by Gasteiger charge is -2.40. The Morgan fingerprint density at radius 3 is 2.43 bits per heavy atom. The van der Waals surface area contributed by atoms with E-state index in [4.69, 9.17) is 11.5 Å². The number of benzene rings is 1. The lowest BCUT2D eigenvalue weighted by Crippen LogP contribution is -2.50. The number of likely N-dealkylation sites (tertiary alicyclic amines) is 2. The van der Waals surface area contributed by atoms with Crippen LogP contribution in [0.4, 0.5) is 0 Å². The zero-order chi connectivity index (χ0) is 19.4. The second-order valence-corrected chi connectivity index (χ2v) is 8.17. The molecule has 4 rings (SSSR count). The SMILES string of the molecule is NC1=NC(N)(c2ccc(C=CCN3CCC(N4CCCCC4)CC3)cc2)NN1. The van der Waals surface area contributed by atoms with Crippen LogP contribution < -0.4 is 22.3 Å². The van der Waals surface area contributed by atoms with Gasteiger partial charge in [0.15, 0.2) is 0 Å². The first-order valence-electron chi connectivity index (χ1n) is 10.5. The number of nitrogens with zero attached hydrogens (tertiary/aromatic N) is 3. The summed E-state index contributed by atoms with van der Waals surface area (Å²) in [6.45, 7) is 6.06. The summed E-state index contributed by atoms with van der Waals surface area (Å²) in [5.41, 5.74) is 19.5. The van der Waals surface area contributed by atoms with Gasteiger partial charge in [0, 0.05) is 18.2 Å². The first kappa shape index (κ1) is 19.4. The predicted molar refractivity (Wildman–Crippen MR) is 114 cm³/mol. The van der Waals surface area contributed by atoms with Crippen molar-refractivity contribution in [3.8, 4) is 0 Å². The van der Waals surface area contributed by atoms with E-state index in [0.29, 0.717) is 5.96 Å². The molecule has 0 bridgehead atoms. The Hall–Kier alpha value is -1.93. The highest BCUT2D eigenvalue weighted by molar-refractivity contribution is 5.79. The molecule has 1 atom stereocenters. The first-order chi connectivity index (χ1) is 13.6. The van der Waals surface area contributed by atoms with E-state index in [9.17, 15) is 0 Å². The summed E-state index contributed by atoms with van der Waals surface area (Å²) in [6, 6.07) is 8.91. The molecule has 6 N–H and O–H groups in total. The molecule has 1 aromatic rings. The number of nitrogens with two attached hydrogens (primary N) is 2. The lowest BCUT2D eigenvalue weighted by atomic mass is 10.00. The maximum atomic E-state index is 6.21. The number of piperidine rings is 2. The summed E-state index contributed by atoms with van der Waals surface area (Å²) < 4.78 is 0. The summed E-state index contributed by atoms with van der Waals surface area (Å²) in [7, 11) is 0. The zero-order valence-corrected chi connectivity index (χ0v) is 16.6. The Kier molecular flexibility index (Phi) is 5.96. The molecule has 0 radical (unpaired) electrons. The highest BCUT2D eigenvalue weighted by Crippen LogP contribution is 2.21. The fourth-order valence-corrected chi connectivity index (χ4v) is 4.48. The first-order valence-corrected chi connectivity index (χ1v) is 10.5. The number of rotatable bonds is 5. The summed E-state index contributed by atoms with van der Waals surface area (Å²) >= 11 is 0. The molecule has 28 heavy (non-hydrogen) atoms. The van der Waals surface area contributed by atoms with Crippen LogP contribution in [0.5, 0.6) is 0 Å². The molecular weight excluding hydrogens is 350 g/mol. The van der Waals surface area contributed by atoms with Crippen molar-refractivity contribution < 1.29 is 0 Å². The van der Waals surface area contributed by atoms with Gasteiger partial charge in [-0.3, -0.25) is 16.1 Å². The molecule has 3 aliphatic rings. The van der Waals surface area contributed by atoms with E-state index >= 15 is 0 Å². The molecule has 0 aliphatic carbocycles. The molecule has 0 amide bonds. The summed E-state index contributed by atoms with van der Waals surface area (Å²) in [4.78, 5) is 9.50. The van der Waals surface area contributed by atoms with E-state index in [2.05, 4.69) is 49.9 Å². The van der Waals surface area contributed by atoms with Gasteiger partial charge in [-0.1, -0.05) is 42.8 Å². The quantitative estimate of drug-likeness (QED) is 0.609. The van der Waals surface area contributed by atoms with Crippen LogP contribution in [0.25, 0.3) is 6.08 Å². The Labute approximate surface area is 167 Å². The number of nitrogens with one attached hydrogen (secondary N) is 2. The normalized spacial score (nSPS) is 27.8. The van der Waals surface area contributed by atoms with Gasteiger partial charge in [-0.15, -0.1) is 0 Å². The average molecular weight is 384 g/mol. The van der Waals surface area contributed by atoms with Crippen LogP contribution in [0, 0.1) is 0 Å². The molecule has 1 unspecified atom stereocenters. The minimum absolute atomic E-state index is 0.301. The third-order valence-electron chi connectivity index (χ3n) is 6.17. The van der Waals surface area contributed by atoms with Crippen molar-refractivity contribution in [2.24, 2.45) is 16.5 Å². The van der Waals surface area contributed by atoms with E-state index < -0.39 is 5.79 Å². The van der Waals surface area contributed by atoms with Crippen molar-refractivity contribution in [3.05, 3.63) is 41.5 Å². The van der Waals surface area contributed by atoms with Crippen LogP contribution in [0.3, 0.4) is 0 Å². The van der Waals surface area contributed by atoms with Gasteiger partial charge in [-0.05, 0) is 57.4 Å². The molecule has 1 aromatic carbocycles. The van der Waals surface area contributed by atoms with Gasteiger partial charge in [-0.25, -0.2) is 4.99 Å². The Balaban J connectivity index is 1.24. The number of hydrogen-bond acceptors (Lipinski definition) is 7. The monoisotopic (exact) mass is 383 g/mol. The maximum Gasteiger partial charge on any atom is 0.209 e. The molecule has 0 saturated carbocycles. The van der Waals surface area contributed by atoms with Gasteiger partial charge < -0.3 is 10.6 Å². The maximum absolute atomic E-state index is 6.21. The molecule has 7 nitrogen and oxygen atoms in total. The van der Waals surface area contributed by atoms with Crippen molar-refractivity contribution in [2.75, 3.05) is 32.7 Å². The van der Waals surface area contributed by atoms with Gasteiger partial charge in [0.2, 0.25) is 11.7 Å². The van der Waals surface area contributed by atoms with Crippen molar-refractivity contribution in [2.45, 2.75) is 43.9 Å². The summed E-state index contributed by atoms with van der Waals surface area (Å²) in [5, 5.41) is 0. The molecule has 3 heterocycles. The second kappa shape index (κ2) is 8.61. The van der Waals surface area contributed by atoms with Crippen LogP contribution in [0.2, 0.25) is 0 Å². The predicted octanol–water partition coefficient (Wildman–Crippen LogP) is 1.14. The molecule has 7 heteroatoms. The van der Waals surface area contributed by atoms with Crippen LogP contribution >= 0.6 is 0 Å². The Bertz CT molecular complexity index is 700. The van der Waals surface area contributed by atoms with Gasteiger partial charge in [-0.2, -0.15) is 5.43 Å². The number of hydrogen-bond donors (Lipinski definition) is 4. The topological polar surface area (TPSA) is 94.9 Å². The smallest absolute Gasteiger partial charge is 0.209 e. The fourth-order valence-electron chi connectivity index (χ4n) is 4.48. The van der Waals surface area contributed by atoms with E-state index in [1.54, 1.807) is 0 Å². The van der Waals surface area contributed by atoms with Crippen molar-refractivity contribution in [3.63, 3.8) is 0 Å². The van der Waals surface area contributed by atoms with E-state index in [0.717, 1.165) is 18.2 Å². The van der Waals surface area contributed by atoms with Crippen LogP contribution in [0.1, 0.15) is 43.2 Å². The van der Waals surface area contributed by atoms with Crippen LogP contribution in [-0.2, 0) is 5.79 Å². The molecule has 2 fully saturated rings. The number of aliphatic imine (C=N–C) groups is 1. The molecule has 152 valence electrons. The standard InChI is InChI=1S/C21H33N7/c22-20-24-21(23,26-25-20)18-8-6-17(7-9-18)5-4-12-27-15-10-19(11-16-27)28-13-2-1-3-14-28/h4-9,19,26H,1-3,10-16,23H2,(H3,22,24,25). The minimum Gasteiger partial charge on any atom is -0.369 e. The van der Waals surface area contributed by atoms with Crippen LogP contribution in [0.15, 0.2) is 35.3 Å².